The Morgan fingerprint density at radius 2 is 1.90 bits per heavy atom. The molecule has 0 rings (SSSR count). The zero-order chi connectivity index (χ0) is 8.20. The molecule has 0 aliphatic heterocycles. The normalized spacial score (nSPS) is 12.3. The van der Waals surface area contributed by atoms with Crippen LogP contribution in [0, 0.1) is 5.92 Å². The van der Waals surface area contributed by atoms with Crippen LogP contribution in [0.3, 0.4) is 0 Å². The monoisotopic (exact) mass is 160 g/mol. The molecule has 0 aromatic heterocycles. The Morgan fingerprint density at radius 3 is 2.20 bits per heavy atom. The molecule has 0 saturated carbocycles. The van der Waals surface area contributed by atoms with Crippen LogP contribution in [0.15, 0.2) is 0 Å². The summed E-state index contributed by atoms with van der Waals surface area (Å²) in [7, 11) is 2.26. The van der Waals surface area contributed by atoms with Crippen LogP contribution in [0.2, 0.25) is 6.32 Å². The van der Waals surface area contributed by atoms with E-state index < -0.39 is 9.84 Å². The third kappa shape index (κ3) is 4.85. The Hall–Kier alpha value is 0.0149. The molecule has 0 N–H and O–H groups in total. The summed E-state index contributed by atoms with van der Waals surface area (Å²) in [6.45, 7) is 3.77. The second kappa shape index (κ2) is 4.01. The Morgan fingerprint density at radius 1 is 1.40 bits per heavy atom. The van der Waals surface area contributed by atoms with Crippen molar-refractivity contribution in [1.29, 1.82) is 0 Å². The summed E-state index contributed by atoms with van der Waals surface area (Å²) in [5.41, 5.74) is 0. The summed E-state index contributed by atoms with van der Waals surface area (Å²) < 4.78 is 21.9. The second-order valence-corrected chi connectivity index (χ2v) is 5.03. The molecule has 0 aliphatic rings. The van der Waals surface area contributed by atoms with Gasteiger partial charge in [0.15, 0.2) is 0 Å². The quantitative estimate of drug-likeness (QED) is 0.565. The summed E-state index contributed by atoms with van der Waals surface area (Å²) in [5, 5.41) is 0. The first-order valence-corrected chi connectivity index (χ1v) is 5.20. The zero-order valence-corrected chi connectivity index (χ0v) is 7.32. The number of hydrogen-bond acceptors (Lipinski definition) is 2. The lowest BCUT2D eigenvalue weighted by atomic mass is 10.1. The van der Waals surface area contributed by atoms with Crippen molar-refractivity contribution >= 4 is 17.7 Å². The maximum Gasteiger partial charge on any atom is 0.149 e. The Labute approximate surface area is 64.3 Å². The second-order valence-electron chi connectivity index (χ2n) is 2.80. The molecule has 0 saturated heterocycles. The predicted molar refractivity (Wildman–Crippen MR) is 44.1 cm³/mol. The van der Waals surface area contributed by atoms with E-state index in [1.807, 2.05) is 13.8 Å². The highest BCUT2D eigenvalue weighted by Crippen LogP contribution is 2.00. The van der Waals surface area contributed by atoms with Crippen molar-refractivity contribution in [3.63, 3.8) is 0 Å². The Balaban J connectivity index is 3.89. The summed E-state index contributed by atoms with van der Waals surface area (Å²) in [5.74, 6) is 0.576. The van der Waals surface area contributed by atoms with Gasteiger partial charge in [0.25, 0.3) is 0 Å². The van der Waals surface area contributed by atoms with Gasteiger partial charge in [-0.25, -0.2) is 8.42 Å². The van der Waals surface area contributed by atoms with E-state index in [0.29, 0.717) is 0 Å². The van der Waals surface area contributed by atoms with Crippen molar-refractivity contribution in [3.05, 3.63) is 0 Å². The molecule has 0 unspecified atom stereocenters. The van der Waals surface area contributed by atoms with Crippen LogP contribution in [0.25, 0.3) is 0 Å². The third-order valence-electron chi connectivity index (χ3n) is 1.02. The number of hydrogen-bond donors (Lipinski definition) is 0. The fourth-order valence-corrected chi connectivity index (χ4v) is 2.31. The van der Waals surface area contributed by atoms with Gasteiger partial charge < -0.3 is 0 Å². The van der Waals surface area contributed by atoms with E-state index in [1.165, 1.54) is 0 Å². The molecule has 58 valence electrons. The minimum atomic E-state index is -2.86. The van der Waals surface area contributed by atoms with Crippen LogP contribution in [0.5, 0.6) is 0 Å². The molecule has 0 aliphatic carbocycles. The topological polar surface area (TPSA) is 34.1 Å². The predicted octanol–water partition coefficient (Wildman–Crippen LogP) is 0.644. The molecule has 0 bridgehead atoms. The fourth-order valence-electron chi connectivity index (χ4n) is 0.771. The molecule has 2 nitrogen and oxygen atoms in total. The lowest BCUT2D eigenvalue weighted by Gasteiger charge is -2.04. The van der Waals surface area contributed by atoms with Crippen molar-refractivity contribution in [2.75, 3.05) is 11.5 Å². The van der Waals surface area contributed by atoms with Gasteiger partial charge in [-0.15, -0.1) is 0 Å². The molecular weight excluding hydrogens is 147 g/mol. The minimum absolute atomic E-state index is 0.116. The van der Waals surface area contributed by atoms with E-state index in [4.69, 9.17) is 7.85 Å². The van der Waals surface area contributed by atoms with E-state index in [1.54, 1.807) is 0 Å². The summed E-state index contributed by atoms with van der Waals surface area (Å²) >= 11 is 0. The van der Waals surface area contributed by atoms with Crippen LogP contribution < -0.4 is 0 Å². The Bertz CT molecular complexity index is 172. The third-order valence-corrected chi connectivity index (χ3v) is 3.05. The molecule has 0 spiro atoms. The van der Waals surface area contributed by atoms with Gasteiger partial charge in [-0.1, -0.05) is 20.2 Å². The molecule has 0 aromatic carbocycles. The van der Waals surface area contributed by atoms with E-state index in [9.17, 15) is 8.42 Å². The lowest BCUT2D eigenvalue weighted by Crippen LogP contribution is -2.14. The zero-order valence-electron chi connectivity index (χ0n) is 6.50. The van der Waals surface area contributed by atoms with Crippen molar-refractivity contribution in [1.82, 2.24) is 0 Å². The molecule has 2 radical (unpaired) electrons. The smallest absolute Gasteiger partial charge is 0.149 e. The molecule has 0 atom stereocenters. The van der Waals surface area contributed by atoms with Gasteiger partial charge in [-0.3, -0.25) is 0 Å². The van der Waals surface area contributed by atoms with Gasteiger partial charge in [0.05, 0.1) is 13.6 Å². The first-order chi connectivity index (χ1) is 4.48. The molecule has 0 aromatic rings. The van der Waals surface area contributed by atoms with Crippen molar-refractivity contribution in [2.24, 2.45) is 5.92 Å². The SMILES string of the molecule is [B]CCS(=O)(=O)CC(C)C. The first-order valence-electron chi connectivity index (χ1n) is 3.38. The van der Waals surface area contributed by atoms with Gasteiger partial charge in [0.1, 0.15) is 9.84 Å². The van der Waals surface area contributed by atoms with Crippen molar-refractivity contribution < 1.29 is 8.42 Å². The lowest BCUT2D eigenvalue weighted by molar-refractivity contribution is 0.583. The molecule has 0 fully saturated rings. The van der Waals surface area contributed by atoms with E-state index in [-0.39, 0.29) is 23.7 Å². The number of rotatable bonds is 4. The Kier molecular flexibility index (Phi) is 4.02. The van der Waals surface area contributed by atoms with Gasteiger partial charge in [-0.2, -0.15) is 0 Å². The van der Waals surface area contributed by atoms with Crippen LogP contribution in [0.4, 0.5) is 0 Å². The standard InChI is InChI=1S/C6H13BO2S/c1-6(2)5-10(8,9)4-3-7/h6H,3-5H2,1-2H3. The maximum absolute atomic E-state index is 11.0. The molecule has 4 heteroatoms. The van der Waals surface area contributed by atoms with Gasteiger partial charge in [-0.05, 0) is 5.92 Å². The highest BCUT2D eigenvalue weighted by Gasteiger charge is 2.10. The van der Waals surface area contributed by atoms with Crippen molar-refractivity contribution in [3.8, 4) is 0 Å². The average molecular weight is 160 g/mol. The van der Waals surface area contributed by atoms with Gasteiger partial charge in [0.2, 0.25) is 0 Å². The van der Waals surface area contributed by atoms with Crippen LogP contribution in [-0.4, -0.2) is 27.8 Å². The van der Waals surface area contributed by atoms with E-state index in [0.717, 1.165) is 0 Å². The minimum Gasteiger partial charge on any atom is -0.229 e. The number of sulfone groups is 1. The van der Waals surface area contributed by atoms with E-state index in [2.05, 4.69) is 0 Å². The largest absolute Gasteiger partial charge is 0.229 e. The molecule has 10 heavy (non-hydrogen) atoms. The average Bonchev–Trinajstić information content (AvgIpc) is 1.59. The van der Waals surface area contributed by atoms with Crippen LogP contribution in [0.1, 0.15) is 13.8 Å². The fraction of sp³-hybridized carbons (Fsp3) is 1.00. The summed E-state index contributed by atoms with van der Waals surface area (Å²) in [6, 6.07) is 0. The molecule has 0 heterocycles. The van der Waals surface area contributed by atoms with Gasteiger partial charge >= 0.3 is 0 Å². The highest BCUT2D eigenvalue weighted by atomic mass is 32.2. The highest BCUT2D eigenvalue weighted by molar-refractivity contribution is 7.91. The van der Waals surface area contributed by atoms with E-state index >= 15 is 0 Å². The van der Waals surface area contributed by atoms with Crippen LogP contribution in [-0.2, 0) is 9.84 Å². The molecular formula is C6H13BO2S. The summed E-state index contributed by atoms with van der Waals surface area (Å²) in [6.07, 6.45) is 0.231. The molecule has 0 amide bonds. The first kappa shape index (κ1) is 10.0. The maximum atomic E-state index is 11.0. The van der Waals surface area contributed by atoms with Gasteiger partial charge in [0, 0.05) is 5.75 Å². The van der Waals surface area contributed by atoms with Crippen molar-refractivity contribution in [2.45, 2.75) is 20.2 Å². The van der Waals surface area contributed by atoms with Crippen LogP contribution >= 0.6 is 0 Å². The summed E-state index contributed by atoms with van der Waals surface area (Å²) in [4.78, 5) is 0.